The Morgan fingerprint density at radius 2 is 2.00 bits per heavy atom. The fourth-order valence-electron chi connectivity index (χ4n) is 2.13. The number of rotatable bonds is 5. The average molecular weight is 258 g/mol. The third-order valence-corrected chi connectivity index (χ3v) is 3.14. The molecule has 2 rings (SSSR count). The Bertz CT molecular complexity index is 523. The summed E-state index contributed by atoms with van der Waals surface area (Å²) in [5.41, 5.74) is 3.25. The van der Waals surface area contributed by atoms with Gasteiger partial charge in [-0.1, -0.05) is 31.2 Å². The van der Waals surface area contributed by atoms with E-state index in [1.165, 1.54) is 23.4 Å². The highest BCUT2D eigenvalue weighted by atomic mass is 19.1. The molecule has 0 saturated heterocycles. The SMILES string of the molecule is CCCNC(c1ccc(F)cn1)c1ccccc1C. The Labute approximate surface area is 113 Å². The summed E-state index contributed by atoms with van der Waals surface area (Å²) in [5, 5.41) is 3.48. The fourth-order valence-corrected chi connectivity index (χ4v) is 2.13. The maximum absolute atomic E-state index is 13.0. The summed E-state index contributed by atoms with van der Waals surface area (Å²) in [5.74, 6) is -0.303. The number of nitrogens with zero attached hydrogens (tertiary/aromatic N) is 1. The molecule has 2 nitrogen and oxygen atoms in total. The Hall–Kier alpha value is -1.74. The normalized spacial score (nSPS) is 12.4. The minimum absolute atomic E-state index is 0.0155. The Kier molecular flexibility index (Phi) is 4.63. The molecular weight excluding hydrogens is 239 g/mol. The first kappa shape index (κ1) is 13.7. The topological polar surface area (TPSA) is 24.9 Å². The van der Waals surface area contributed by atoms with E-state index < -0.39 is 0 Å². The second kappa shape index (κ2) is 6.43. The van der Waals surface area contributed by atoms with Crippen LogP contribution < -0.4 is 5.32 Å². The molecule has 0 aliphatic carbocycles. The molecule has 1 aromatic heterocycles. The zero-order valence-electron chi connectivity index (χ0n) is 11.4. The molecular formula is C16H19FN2. The molecule has 0 fully saturated rings. The largest absolute Gasteiger partial charge is 0.305 e. The van der Waals surface area contributed by atoms with Gasteiger partial charge in [0.05, 0.1) is 17.9 Å². The van der Waals surface area contributed by atoms with Gasteiger partial charge in [0.1, 0.15) is 5.82 Å². The van der Waals surface area contributed by atoms with Crippen LogP contribution in [0, 0.1) is 12.7 Å². The van der Waals surface area contributed by atoms with E-state index in [4.69, 9.17) is 0 Å². The van der Waals surface area contributed by atoms with E-state index in [1.54, 1.807) is 6.07 Å². The van der Waals surface area contributed by atoms with Crippen molar-refractivity contribution < 1.29 is 4.39 Å². The van der Waals surface area contributed by atoms with E-state index in [9.17, 15) is 4.39 Å². The van der Waals surface area contributed by atoms with Crippen molar-refractivity contribution in [3.63, 3.8) is 0 Å². The van der Waals surface area contributed by atoms with Gasteiger partial charge in [0, 0.05) is 0 Å². The highest BCUT2D eigenvalue weighted by Crippen LogP contribution is 2.23. The second-order valence-electron chi connectivity index (χ2n) is 4.65. The highest BCUT2D eigenvalue weighted by Gasteiger charge is 2.16. The Morgan fingerprint density at radius 3 is 2.63 bits per heavy atom. The lowest BCUT2D eigenvalue weighted by Gasteiger charge is -2.20. The van der Waals surface area contributed by atoms with Gasteiger partial charge in [-0.2, -0.15) is 0 Å². The van der Waals surface area contributed by atoms with Crippen LogP contribution in [-0.2, 0) is 0 Å². The summed E-state index contributed by atoms with van der Waals surface area (Å²) in [6, 6.07) is 11.4. The molecule has 0 saturated carbocycles. The van der Waals surface area contributed by atoms with Crippen molar-refractivity contribution in [2.75, 3.05) is 6.54 Å². The van der Waals surface area contributed by atoms with Crippen molar-refractivity contribution in [1.82, 2.24) is 10.3 Å². The minimum Gasteiger partial charge on any atom is -0.305 e. The summed E-state index contributed by atoms with van der Waals surface area (Å²) < 4.78 is 13.0. The molecule has 1 N–H and O–H groups in total. The van der Waals surface area contributed by atoms with Crippen LogP contribution >= 0.6 is 0 Å². The molecule has 1 heterocycles. The first-order chi connectivity index (χ1) is 9.22. The Balaban J connectivity index is 2.35. The predicted octanol–water partition coefficient (Wildman–Crippen LogP) is 3.62. The monoisotopic (exact) mass is 258 g/mol. The summed E-state index contributed by atoms with van der Waals surface area (Å²) in [4.78, 5) is 4.21. The van der Waals surface area contributed by atoms with Crippen LogP contribution in [0.4, 0.5) is 4.39 Å². The van der Waals surface area contributed by atoms with Crippen LogP contribution in [0.2, 0.25) is 0 Å². The van der Waals surface area contributed by atoms with Crippen LogP contribution in [0.1, 0.15) is 36.2 Å². The van der Waals surface area contributed by atoms with Gasteiger partial charge in [0.2, 0.25) is 0 Å². The molecule has 3 heteroatoms. The Morgan fingerprint density at radius 1 is 1.21 bits per heavy atom. The van der Waals surface area contributed by atoms with E-state index in [1.807, 2.05) is 12.1 Å². The van der Waals surface area contributed by atoms with Gasteiger partial charge < -0.3 is 5.32 Å². The summed E-state index contributed by atoms with van der Waals surface area (Å²) in [6.45, 7) is 5.11. The lowest BCUT2D eigenvalue weighted by atomic mass is 9.98. The van der Waals surface area contributed by atoms with Gasteiger partial charge >= 0.3 is 0 Å². The van der Waals surface area contributed by atoms with Crippen molar-refractivity contribution >= 4 is 0 Å². The molecule has 0 bridgehead atoms. The smallest absolute Gasteiger partial charge is 0.141 e. The van der Waals surface area contributed by atoms with Gasteiger partial charge in [-0.05, 0) is 43.1 Å². The van der Waals surface area contributed by atoms with Crippen molar-refractivity contribution in [3.05, 3.63) is 65.2 Å². The quantitative estimate of drug-likeness (QED) is 0.886. The molecule has 0 aliphatic heterocycles. The minimum atomic E-state index is -0.303. The van der Waals surface area contributed by atoms with Crippen molar-refractivity contribution in [1.29, 1.82) is 0 Å². The number of aryl methyl sites for hydroxylation is 1. The molecule has 1 unspecified atom stereocenters. The number of hydrogen-bond donors (Lipinski definition) is 1. The van der Waals surface area contributed by atoms with Crippen molar-refractivity contribution in [2.45, 2.75) is 26.3 Å². The lowest BCUT2D eigenvalue weighted by Crippen LogP contribution is -2.24. The lowest BCUT2D eigenvalue weighted by molar-refractivity contribution is 0.574. The zero-order valence-corrected chi connectivity index (χ0v) is 11.4. The van der Waals surface area contributed by atoms with E-state index >= 15 is 0 Å². The van der Waals surface area contributed by atoms with E-state index in [-0.39, 0.29) is 11.9 Å². The molecule has 0 spiro atoms. The van der Waals surface area contributed by atoms with Crippen LogP contribution in [0.25, 0.3) is 0 Å². The fraction of sp³-hybridized carbons (Fsp3) is 0.312. The predicted molar refractivity (Wildman–Crippen MR) is 75.5 cm³/mol. The van der Waals surface area contributed by atoms with E-state index in [2.05, 4.69) is 36.3 Å². The maximum Gasteiger partial charge on any atom is 0.141 e. The summed E-state index contributed by atoms with van der Waals surface area (Å²) >= 11 is 0. The van der Waals surface area contributed by atoms with Gasteiger partial charge in [-0.15, -0.1) is 0 Å². The van der Waals surface area contributed by atoms with E-state index in [0.29, 0.717) is 0 Å². The van der Waals surface area contributed by atoms with Gasteiger partial charge in [0.15, 0.2) is 0 Å². The number of halogens is 1. The summed E-state index contributed by atoms with van der Waals surface area (Å²) in [7, 11) is 0. The maximum atomic E-state index is 13.0. The first-order valence-electron chi connectivity index (χ1n) is 6.62. The number of aromatic nitrogens is 1. The van der Waals surface area contributed by atoms with Gasteiger partial charge in [-0.3, -0.25) is 4.98 Å². The molecule has 0 radical (unpaired) electrons. The number of nitrogens with one attached hydrogen (secondary N) is 1. The van der Waals surface area contributed by atoms with Crippen LogP contribution in [0.5, 0.6) is 0 Å². The third kappa shape index (κ3) is 3.38. The van der Waals surface area contributed by atoms with Crippen molar-refractivity contribution in [2.24, 2.45) is 0 Å². The second-order valence-corrected chi connectivity index (χ2v) is 4.65. The van der Waals surface area contributed by atoms with Gasteiger partial charge in [-0.25, -0.2) is 4.39 Å². The standard InChI is InChI=1S/C16H19FN2/c1-3-10-18-16(14-7-5-4-6-12(14)2)15-9-8-13(17)11-19-15/h4-9,11,16,18H,3,10H2,1-2H3. The molecule has 2 aromatic rings. The molecule has 100 valence electrons. The third-order valence-electron chi connectivity index (χ3n) is 3.14. The first-order valence-corrected chi connectivity index (χ1v) is 6.62. The van der Waals surface area contributed by atoms with E-state index in [0.717, 1.165) is 18.7 Å². The molecule has 0 amide bonds. The number of benzene rings is 1. The average Bonchev–Trinajstić information content (AvgIpc) is 2.43. The molecule has 0 aliphatic rings. The van der Waals surface area contributed by atoms with Crippen LogP contribution in [0.3, 0.4) is 0 Å². The highest BCUT2D eigenvalue weighted by molar-refractivity contribution is 5.34. The summed E-state index contributed by atoms with van der Waals surface area (Å²) in [6.07, 6.45) is 2.32. The molecule has 1 atom stereocenters. The van der Waals surface area contributed by atoms with Gasteiger partial charge in [0.25, 0.3) is 0 Å². The van der Waals surface area contributed by atoms with Crippen LogP contribution in [-0.4, -0.2) is 11.5 Å². The molecule has 19 heavy (non-hydrogen) atoms. The van der Waals surface area contributed by atoms with Crippen molar-refractivity contribution in [3.8, 4) is 0 Å². The zero-order chi connectivity index (χ0) is 13.7. The number of pyridine rings is 1. The number of hydrogen-bond acceptors (Lipinski definition) is 2. The molecule has 1 aromatic carbocycles. The van der Waals surface area contributed by atoms with Crippen LogP contribution in [0.15, 0.2) is 42.6 Å².